The Kier molecular flexibility index (Phi) is 5.10. The predicted octanol–water partition coefficient (Wildman–Crippen LogP) is 3.30. The normalized spacial score (nSPS) is 20.2. The fourth-order valence-corrected chi connectivity index (χ4v) is 2.93. The van der Waals surface area contributed by atoms with Gasteiger partial charge in [0.2, 0.25) is 0 Å². The van der Waals surface area contributed by atoms with E-state index in [2.05, 4.69) is 65.1 Å². The summed E-state index contributed by atoms with van der Waals surface area (Å²) in [6.45, 7) is 9.14. The Morgan fingerprint density at radius 3 is 2.75 bits per heavy atom. The second-order valence-electron chi connectivity index (χ2n) is 6.62. The van der Waals surface area contributed by atoms with Crippen LogP contribution in [0.15, 0.2) is 22.7 Å². The number of piperidine rings is 1. The first-order valence-corrected chi connectivity index (χ1v) is 8.11. The molecule has 1 unspecified atom stereocenters. The highest BCUT2D eigenvalue weighted by Crippen LogP contribution is 2.26. The largest absolute Gasteiger partial charge is 0.391 e. The van der Waals surface area contributed by atoms with Gasteiger partial charge in [-0.3, -0.25) is 0 Å². The summed E-state index contributed by atoms with van der Waals surface area (Å²) in [7, 11) is 0. The highest BCUT2D eigenvalue weighted by Gasteiger charge is 2.18. The molecule has 0 bridgehead atoms. The first-order chi connectivity index (χ1) is 9.35. The molecule has 1 saturated heterocycles. The Morgan fingerprint density at radius 2 is 2.15 bits per heavy atom. The summed E-state index contributed by atoms with van der Waals surface area (Å²) in [6, 6.07) is 6.49. The summed E-state index contributed by atoms with van der Waals surface area (Å²) in [6.07, 6.45) is 1.79. The molecule has 20 heavy (non-hydrogen) atoms. The van der Waals surface area contributed by atoms with Crippen molar-refractivity contribution in [1.82, 2.24) is 5.32 Å². The lowest BCUT2D eigenvalue weighted by molar-refractivity contribution is 0.154. The highest BCUT2D eigenvalue weighted by molar-refractivity contribution is 9.10. The van der Waals surface area contributed by atoms with Crippen LogP contribution in [0.3, 0.4) is 0 Å². The van der Waals surface area contributed by atoms with Crippen LogP contribution in [0.4, 0.5) is 5.69 Å². The molecule has 1 heterocycles. The molecule has 1 aromatic carbocycles. The molecule has 0 spiro atoms. The van der Waals surface area contributed by atoms with Crippen LogP contribution in [0.1, 0.15) is 39.2 Å². The number of rotatable bonds is 3. The van der Waals surface area contributed by atoms with Gasteiger partial charge >= 0.3 is 0 Å². The van der Waals surface area contributed by atoms with E-state index in [0.717, 1.165) is 36.9 Å². The third kappa shape index (κ3) is 4.47. The fraction of sp³-hybridized carbons (Fsp3) is 0.625. The smallest absolute Gasteiger partial charge is 0.0715 e. The zero-order valence-electron chi connectivity index (χ0n) is 12.6. The summed E-state index contributed by atoms with van der Waals surface area (Å²) in [5.41, 5.74) is 2.58. The first kappa shape index (κ1) is 15.8. The van der Waals surface area contributed by atoms with Gasteiger partial charge in [-0.15, -0.1) is 0 Å². The van der Waals surface area contributed by atoms with E-state index < -0.39 is 0 Å². The number of halogens is 1. The predicted molar refractivity (Wildman–Crippen MR) is 88.2 cm³/mol. The molecule has 4 heteroatoms. The van der Waals surface area contributed by atoms with E-state index in [1.54, 1.807) is 0 Å². The van der Waals surface area contributed by atoms with Crippen LogP contribution in [0, 0.1) is 0 Å². The van der Waals surface area contributed by atoms with Gasteiger partial charge in [-0.05, 0) is 51.3 Å². The molecular weight excluding hydrogens is 316 g/mol. The van der Waals surface area contributed by atoms with Crippen molar-refractivity contribution in [3.05, 3.63) is 28.2 Å². The number of nitrogens with zero attached hydrogens (tertiary/aromatic N) is 1. The Hall–Kier alpha value is -0.580. The third-order valence-electron chi connectivity index (χ3n) is 3.61. The molecule has 1 aromatic rings. The topological polar surface area (TPSA) is 35.5 Å². The van der Waals surface area contributed by atoms with Crippen LogP contribution in [-0.2, 0) is 6.54 Å². The Balaban J connectivity index is 2.05. The number of aliphatic hydroxyl groups excluding tert-OH is 1. The molecule has 0 saturated carbocycles. The Labute approximate surface area is 130 Å². The van der Waals surface area contributed by atoms with Gasteiger partial charge in [0.05, 0.1) is 6.10 Å². The van der Waals surface area contributed by atoms with Crippen molar-refractivity contribution >= 4 is 21.6 Å². The highest BCUT2D eigenvalue weighted by atomic mass is 79.9. The maximum atomic E-state index is 9.78. The lowest BCUT2D eigenvalue weighted by Crippen LogP contribution is -2.38. The van der Waals surface area contributed by atoms with Crippen molar-refractivity contribution in [2.75, 3.05) is 18.0 Å². The van der Waals surface area contributed by atoms with Crippen molar-refractivity contribution in [1.29, 1.82) is 0 Å². The van der Waals surface area contributed by atoms with E-state index in [-0.39, 0.29) is 11.6 Å². The third-order valence-corrected chi connectivity index (χ3v) is 4.35. The van der Waals surface area contributed by atoms with Gasteiger partial charge < -0.3 is 15.3 Å². The first-order valence-electron chi connectivity index (χ1n) is 7.31. The van der Waals surface area contributed by atoms with Gasteiger partial charge in [-0.2, -0.15) is 0 Å². The lowest BCUT2D eigenvalue weighted by Gasteiger charge is -2.32. The van der Waals surface area contributed by atoms with Gasteiger partial charge in [-0.25, -0.2) is 0 Å². The number of benzene rings is 1. The van der Waals surface area contributed by atoms with E-state index in [1.165, 1.54) is 11.3 Å². The van der Waals surface area contributed by atoms with Crippen LogP contribution < -0.4 is 10.2 Å². The maximum absolute atomic E-state index is 9.78. The van der Waals surface area contributed by atoms with Crippen LogP contribution in [-0.4, -0.2) is 29.8 Å². The minimum absolute atomic E-state index is 0.120. The number of aliphatic hydroxyl groups is 1. The molecule has 2 rings (SSSR count). The summed E-state index contributed by atoms with van der Waals surface area (Å²) in [5, 5.41) is 13.3. The maximum Gasteiger partial charge on any atom is 0.0715 e. The van der Waals surface area contributed by atoms with Crippen LogP contribution in [0.2, 0.25) is 0 Å². The molecular formula is C16H25BrN2O. The zero-order valence-corrected chi connectivity index (χ0v) is 14.2. The molecule has 1 aliphatic heterocycles. The van der Waals surface area contributed by atoms with Gasteiger partial charge in [0, 0.05) is 35.3 Å². The minimum Gasteiger partial charge on any atom is -0.391 e. The quantitative estimate of drug-likeness (QED) is 0.886. The number of nitrogens with one attached hydrogen (secondary N) is 1. The standard InChI is InChI=1S/C16H25BrN2O/c1-16(2,3)18-10-12-6-7-13(9-15(12)17)19-8-4-5-14(20)11-19/h6-7,9,14,18,20H,4-5,8,10-11H2,1-3H3. The van der Waals surface area contributed by atoms with Crippen molar-refractivity contribution in [3.8, 4) is 0 Å². The number of β-amino-alcohol motifs (C(OH)–C–C–N with tert-alkyl or cyclic N) is 1. The second-order valence-corrected chi connectivity index (χ2v) is 7.48. The fourth-order valence-electron chi connectivity index (χ4n) is 2.43. The van der Waals surface area contributed by atoms with Gasteiger partial charge in [0.15, 0.2) is 0 Å². The number of anilines is 1. The number of hydrogen-bond acceptors (Lipinski definition) is 3. The van der Waals surface area contributed by atoms with Crippen LogP contribution >= 0.6 is 15.9 Å². The summed E-state index contributed by atoms with van der Waals surface area (Å²) in [5.74, 6) is 0. The van der Waals surface area contributed by atoms with Crippen molar-refractivity contribution in [2.45, 2.75) is 51.8 Å². The molecule has 3 nitrogen and oxygen atoms in total. The van der Waals surface area contributed by atoms with E-state index >= 15 is 0 Å². The molecule has 0 radical (unpaired) electrons. The molecule has 2 N–H and O–H groups in total. The molecule has 112 valence electrons. The zero-order chi connectivity index (χ0) is 14.8. The molecule has 1 aliphatic rings. The molecule has 0 amide bonds. The van der Waals surface area contributed by atoms with Crippen molar-refractivity contribution < 1.29 is 5.11 Å². The average molecular weight is 341 g/mol. The van der Waals surface area contributed by atoms with Gasteiger partial charge in [-0.1, -0.05) is 22.0 Å². The van der Waals surface area contributed by atoms with E-state index in [9.17, 15) is 5.11 Å². The molecule has 0 aromatic heterocycles. The summed E-state index contributed by atoms with van der Waals surface area (Å²) in [4.78, 5) is 2.26. The average Bonchev–Trinajstić information content (AvgIpc) is 2.36. The van der Waals surface area contributed by atoms with E-state index in [0.29, 0.717) is 0 Å². The van der Waals surface area contributed by atoms with Crippen molar-refractivity contribution in [3.63, 3.8) is 0 Å². The van der Waals surface area contributed by atoms with Gasteiger partial charge in [0.1, 0.15) is 0 Å². The number of hydrogen-bond donors (Lipinski definition) is 2. The SMILES string of the molecule is CC(C)(C)NCc1ccc(N2CCCC(O)C2)cc1Br. The monoisotopic (exact) mass is 340 g/mol. The van der Waals surface area contributed by atoms with E-state index in [1.807, 2.05) is 0 Å². The molecule has 1 atom stereocenters. The van der Waals surface area contributed by atoms with Crippen LogP contribution in [0.25, 0.3) is 0 Å². The van der Waals surface area contributed by atoms with Gasteiger partial charge in [0.25, 0.3) is 0 Å². The van der Waals surface area contributed by atoms with Crippen LogP contribution in [0.5, 0.6) is 0 Å². The second kappa shape index (κ2) is 6.46. The summed E-state index contributed by atoms with van der Waals surface area (Å²) < 4.78 is 1.13. The molecule has 0 aliphatic carbocycles. The van der Waals surface area contributed by atoms with Crippen molar-refractivity contribution in [2.24, 2.45) is 0 Å². The lowest BCUT2D eigenvalue weighted by atomic mass is 10.1. The minimum atomic E-state index is -0.190. The Bertz CT molecular complexity index is 456. The van der Waals surface area contributed by atoms with E-state index in [4.69, 9.17) is 0 Å². The molecule has 1 fully saturated rings. The Morgan fingerprint density at radius 1 is 1.40 bits per heavy atom. The summed E-state index contributed by atoms with van der Waals surface area (Å²) >= 11 is 3.67.